The summed E-state index contributed by atoms with van der Waals surface area (Å²) in [5.74, 6) is 0.0405. The molecule has 2 aromatic rings. The van der Waals surface area contributed by atoms with Crippen LogP contribution in [0, 0.1) is 0 Å². The van der Waals surface area contributed by atoms with E-state index in [9.17, 15) is 18.3 Å². The molecule has 25 heavy (non-hydrogen) atoms. The number of aldehydes is 1. The topological polar surface area (TPSA) is 83.5 Å². The third kappa shape index (κ3) is 5.22. The lowest BCUT2D eigenvalue weighted by Gasteiger charge is -2.24. The average molecular weight is 361 g/mol. The van der Waals surface area contributed by atoms with Crippen molar-refractivity contribution in [1.29, 1.82) is 0 Å². The number of rotatable bonds is 8. The summed E-state index contributed by atoms with van der Waals surface area (Å²) in [4.78, 5) is 10.7. The molecule has 1 unspecified atom stereocenters. The highest BCUT2D eigenvalue weighted by Gasteiger charge is 2.25. The van der Waals surface area contributed by atoms with Crippen LogP contribution < -0.4 is 4.72 Å². The van der Waals surface area contributed by atoms with Gasteiger partial charge in [-0.05, 0) is 30.0 Å². The fraction of sp³-hybridized carbons (Fsp3) is 0.316. The molecule has 0 amide bonds. The van der Waals surface area contributed by atoms with Crippen molar-refractivity contribution in [3.63, 3.8) is 0 Å². The summed E-state index contributed by atoms with van der Waals surface area (Å²) in [5, 5.41) is 10.6. The SMILES string of the molecule is CCCS(=O)(=O)NCC(C)(O)c1ccc(-c2ccc(C=O)cc2)cc1. The van der Waals surface area contributed by atoms with Gasteiger partial charge in [0.15, 0.2) is 0 Å². The molecule has 2 N–H and O–H groups in total. The number of carbonyl (C=O) groups excluding carboxylic acids is 1. The van der Waals surface area contributed by atoms with E-state index in [0.29, 0.717) is 17.5 Å². The maximum atomic E-state index is 11.8. The molecule has 0 aliphatic rings. The number of carbonyl (C=O) groups is 1. The van der Waals surface area contributed by atoms with E-state index >= 15 is 0 Å². The Kier molecular flexibility index (Phi) is 6.11. The maximum Gasteiger partial charge on any atom is 0.211 e. The van der Waals surface area contributed by atoms with Crippen molar-refractivity contribution in [3.05, 3.63) is 59.7 Å². The summed E-state index contributed by atoms with van der Waals surface area (Å²) in [6.45, 7) is 3.29. The van der Waals surface area contributed by atoms with Crippen LogP contribution in [0.25, 0.3) is 11.1 Å². The van der Waals surface area contributed by atoms with E-state index in [1.54, 1.807) is 38.1 Å². The number of hydrogen-bond acceptors (Lipinski definition) is 4. The summed E-state index contributed by atoms with van der Waals surface area (Å²) in [6.07, 6.45) is 1.32. The molecule has 2 aromatic carbocycles. The van der Waals surface area contributed by atoms with Gasteiger partial charge in [-0.25, -0.2) is 13.1 Å². The van der Waals surface area contributed by atoms with Crippen LogP contribution in [-0.4, -0.2) is 32.1 Å². The highest BCUT2D eigenvalue weighted by atomic mass is 32.2. The molecule has 0 spiro atoms. The highest BCUT2D eigenvalue weighted by Crippen LogP contribution is 2.25. The van der Waals surface area contributed by atoms with E-state index < -0.39 is 15.6 Å². The normalized spacial score (nSPS) is 14.0. The van der Waals surface area contributed by atoms with E-state index in [1.807, 2.05) is 24.3 Å². The lowest BCUT2D eigenvalue weighted by Crippen LogP contribution is -2.39. The van der Waals surface area contributed by atoms with Gasteiger partial charge >= 0.3 is 0 Å². The Labute approximate surface area is 148 Å². The molecule has 1 atom stereocenters. The van der Waals surface area contributed by atoms with Gasteiger partial charge in [0.05, 0.1) is 5.75 Å². The Morgan fingerprint density at radius 2 is 1.56 bits per heavy atom. The third-order valence-electron chi connectivity index (χ3n) is 4.00. The Morgan fingerprint density at radius 3 is 2.04 bits per heavy atom. The zero-order valence-electron chi connectivity index (χ0n) is 14.4. The van der Waals surface area contributed by atoms with Crippen molar-refractivity contribution in [2.75, 3.05) is 12.3 Å². The van der Waals surface area contributed by atoms with Crippen LogP contribution in [-0.2, 0) is 15.6 Å². The van der Waals surface area contributed by atoms with Crippen LogP contribution in [0.15, 0.2) is 48.5 Å². The monoisotopic (exact) mass is 361 g/mol. The summed E-state index contributed by atoms with van der Waals surface area (Å²) in [5.41, 5.74) is 1.84. The third-order valence-corrected chi connectivity index (χ3v) is 5.53. The number of aliphatic hydroxyl groups is 1. The molecule has 0 aliphatic heterocycles. The van der Waals surface area contributed by atoms with Gasteiger partial charge in [0, 0.05) is 12.1 Å². The van der Waals surface area contributed by atoms with Gasteiger partial charge in [-0.2, -0.15) is 0 Å². The Hall–Kier alpha value is -2.02. The van der Waals surface area contributed by atoms with Crippen LogP contribution in [0.5, 0.6) is 0 Å². The lowest BCUT2D eigenvalue weighted by atomic mass is 9.94. The number of hydrogen-bond donors (Lipinski definition) is 2. The Balaban J connectivity index is 2.13. The van der Waals surface area contributed by atoms with Gasteiger partial charge < -0.3 is 5.11 Å². The van der Waals surface area contributed by atoms with Crippen LogP contribution in [0.4, 0.5) is 0 Å². The van der Waals surface area contributed by atoms with Gasteiger partial charge in [0.25, 0.3) is 0 Å². The number of sulfonamides is 1. The summed E-state index contributed by atoms with van der Waals surface area (Å²) in [7, 11) is -3.37. The first-order chi connectivity index (χ1) is 11.8. The van der Waals surface area contributed by atoms with E-state index in [2.05, 4.69) is 4.72 Å². The second-order valence-electron chi connectivity index (χ2n) is 6.23. The Bertz CT molecular complexity index is 810. The molecular weight excluding hydrogens is 338 g/mol. The molecule has 2 rings (SSSR count). The largest absolute Gasteiger partial charge is 0.384 e. The fourth-order valence-corrected chi connectivity index (χ4v) is 3.65. The molecule has 0 bridgehead atoms. The predicted molar refractivity (Wildman–Crippen MR) is 98.9 cm³/mol. The molecule has 0 saturated carbocycles. The lowest BCUT2D eigenvalue weighted by molar-refractivity contribution is 0.0627. The molecule has 0 saturated heterocycles. The fourth-order valence-electron chi connectivity index (χ4n) is 2.47. The zero-order valence-corrected chi connectivity index (χ0v) is 15.2. The molecule has 0 aliphatic carbocycles. The van der Waals surface area contributed by atoms with Crippen LogP contribution in [0.2, 0.25) is 0 Å². The Morgan fingerprint density at radius 1 is 1.04 bits per heavy atom. The zero-order chi connectivity index (χ0) is 18.5. The second-order valence-corrected chi connectivity index (χ2v) is 8.16. The molecule has 0 heterocycles. The molecule has 0 aromatic heterocycles. The molecule has 0 fully saturated rings. The summed E-state index contributed by atoms with van der Waals surface area (Å²) in [6, 6.07) is 14.5. The molecule has 134 valence electrons. The summed E-state index contributed by atoms with van der Waals surface area (Å²) < 4.78 is 26.0. The molecule has 5 nitrogen and oxygen atoms in total. The average Bonchev–Trinajstić information content (AvgIpc) is 2.60. The number of benzene rings is 2. The van der Waals surface area contributed by atoms with Gasteiger partial charge in [-0.1, -0.05) is 55.5 Å². The minimum Gasteiger partial charge on any atom is -0.384 e. The van der Waals surface area contributed by atoms with E-state index in [0.717, 1.165) is 17.4 Å². The van der Waals surface area contributed by atoms with Crippen molar-refractivity contribution in [1.82, 2.24) is 4.72 Å². The first-order valence-electron chi connectivity index (χ1n) is 8.13. The van der Waals surface area contributed by atoms with E-state index in [4.69, 9.17) is 0 Å². The van der Waals surface area contributed by atoms with Crippen LogP contribution in [0.3, 0.4) is 0 Å². The van der Waals surface area contributed by atoms with Crippen LogP contribution >= 0.6 is 0 Å². The quantitative estimate of drug-likeness (QED) is 0.708. The van der Waals surface area contributed by atoms with Gasteiger partial charge in [0.1, 0.15) is 11.9 Å². The van der Waals surface area contributed by atoms with Crippen molar-refractivity contribution in [2.45, 2.75) is 25.9 Å². The van der Waals surface area contributed by atoms with Gasteiger partial charge in [-0.3, -0.25) is 4.79 Å². The molecular formula is C19H23NO4S. The maximum absolute atomic E-state index is 11.8. The first kappa shape index (κ1) is 19.3. The standard InChI is InChI=1S/C19H23NO4S/c1-3-12-25(23,24)20-14-19(2,22)18-10-8-17(9-11-18)16-6-4-15(13-21)5-7-16/h4-11,13,20,22H,3,12,14H2,1-2H3. The van der Waals surface area contributed by atoms with Crippen LogP contribution in [0.1, 0.15) is 36.2 Å². The minimum absolute atomic E-state index is 0.0405. The van der Waals surface area contributed by atoms with Gasteiger partial charge in [-0.15, -0.1) is 0 Å². The van der Waals surface area contributed by atoms with Crippen molar-refractivity contribution < 1.29 is 18.3 Å². The van der Waals surface area contributed by atoms with Crippen molar-refractivity contribution in [3.8, 4) is 11.1 Å². The van der Waals surface area contributed by atoms with E-state index in [1.165, 1.54) is 0 Å². The van der Waals surface area contributed by atoms with Gasteiger partial charge in [0.2, 0.25) is 10.0 Å². The predicted octanol–water partition coefficient (Wildman–Crippen LogP) is 2.70. The highest BCUT2D eigenvalue weighted by molar-refractivity contribution is 7.89. The minimum atomic E-state index is -3.37. The smallest absolute Gasteiger partial charge is 0.211 e. The molecule has 6 heteroatoms. The van der Waals surface area contributed by atoms with Crippen molar-refractivity contribution >= 4 is 16.3 Å². The van der Waals surface area contributed by atoms with E-state index in [-0.39, 0.29) is 12.3 Å². The van der Waals surface area contributed by atoms with Crippen molar-refractivity contribution in [2.24, 2.45) is 0 Å². The molecule has 0 radical (unpaired) electrons. The first-order valence-corrected chi connectivity index (χ1v) is 9.78. The second kappa shape index (κ2) is 7.91. The number of nitrogens with one attached hydrogen (secondary N) is 1. The summed E-state index contributed by atoms with van der Waals surface area (Å²) >= 11 is 0.